The summed E-state index contributed by atoms with van der Waals surface area (Å²) in [7, 11) is -4.78. The van der Waals surface area contributed by atoms with E-state index in [0.717, 1.165) is 154 Å². The lowest BCUT2D eigenvalue weighted by Gasteiger charge is -2.21. The number of carbonyl (C=O) groups is 3. The summed E-state index contributed by atoms with van der Waals surface area (Å²) in [5, 5.41) is 9.83. The van der Waals surface area contributed by atoms with Gasteiger partial charge in [-0.1, -0.05) is 205 Å². The maximum Gasteiger partial charge on any atom is 0.472 e. The molecule has 3 atom stereocenters. The Hall–Kier alpha value is -4.64. The van der Waals surface area contributed by atoms with Gasteiger partial charge in [-0.25, -0.2) is 4.57 Å². The number of rotatable bonds is 53. The largest absolute Gasteiger partial charge is 0.472 e. The van der Waals surface area contributed by atoms with Crippen LogP contribution in [0.25, 0.3) is 0 Å². The van der Waals surface area contributed by atoms with Gasteiger partial charge < -0.3 is 24.2 Å². The summed E-state index contributed by atoms with van der Waals surface area (Å²) in [5.41, 5.74) is 0. The van der Waals surface area contributed by atoms with E-state index in [9.17, 15) is 28.9 Å². The van der Waals surface area contributed by atoms with Crippen LogP contribution in [0.4, 0.5) is 0 Å². The van der Waals surface area contributed by atoms with Crippen LogP contribution in [0.2, 0.25) is 0 Å². The first-order chi connectivity index (χ1) is 38.2. The fraction of sp³-hybridized carbons (Fsp3) is 0.591. The molecule has 0 aromatic carbocycles. The van der Waals surface area contributed by atoms with Gasteiger partial charge in [-0.2, -0.15) is 0 Å². The van der Waals surface area contributed by atoms with Crippen LogP contribution in [0, 0.1) is 0 Å². The highest BCUT2D eigenvalue weighted by atomic mass is 31.2. The first-order valence-electron chi connectivity index (χ1n) is 29.7. The summed E-state index contributed by atoms with van der Waals surface area (Å²) in [6.07, 6.45) is 75.1. The van der Waals surface area contributed by atoms with E-state index < -0.39 is 57.8 Å². The van der Waals surface area contributed by atoms with E-state index in [2.05, 4.69) is 167 Å². The van der Waals surface area contributed by atoms with Crippen molar-refractivity contribution < 1.29 is 52.2 Å². The smallest absolute Gasteiger partial charge is 0.462 e. The van der Waals surface area contributed by atoms with E-state index in [0.29, 0.717) is 19.3 Å². The Labute approximate surface area is 473 Å². The highest BCUT2D eigenvalue weighted by molar-refractivity contribution is 7.47. The van der Waals surface area contributed by atoms with Crippen LogP contribution in [-0.4, -0.2) is 66.5 Å². The van der Waals surface area contributed by atoms with Crippen LogP contribution in [0.5, 0.6) is 0 Å². The van der Waals surface area contributed by atoms with Gasteiger partial charge in [-0.05, 0) is 135 Å². The predicted molar refractivity (Wildman–Crippen MR) is 325 cm³/mol. The van der Waals surface area contributed by atoms with Crippen molar-refractivity contribution in [2.75, 3.05) is 26.4 Å². The number of hydrogen-bond acceptors (Lipinski definition) is 10. The molecular weight excluding hydrogens is 1000 g/mol. The van der Waals surface area contributed by atoms with Crippen molar-refractivity contribution in [3.63, 3.8) is 0 Å². The number of carbonyl (C=O) groups excluding carboxylic acids is 3. The van der Waals surface area contributed by atoms with Crippen molar-refractivity contribution in [3.8, 4) is 0 Å². The van der Waals surface area contributed by atoms with Gasteiger partial charge >= 0.3 is 25.7 Å². The van der Waals surface area contributed by atoms with Gasteiger partial charge in [0, 0.05) is 19.3 Å². The minimum absolute atomic E-state index is 0.114. The van der Waals surface area contributed by atoms with Gasteiger partial charge in [0.05, 0.1) is 19.8 Å². The molecule has 440 valence electrons. The van der Waals surface area contributed by atoms with Crippen LogP contribution in [0.1, 0.15) is 213 Å². The molecule has 0 saturated carbocycles. The molecule has 0 rings (SSSR count). The Bertz CT molecular complexity index is 1860. The number of ether oxygens (including phenoxy) is 3. The summed E-state index contributed by atoms with van der Waals surface area (Å²) >= 11 is 0. The molecule has 0 saturated heterocycles. The highest BCUT2D eigenvalue weighted by Gasteiger charge is 2.28. The summed E-state index contributed by atoms with van der Waals surface area (Å²) < 4.78 is 39.5. The Morgan fingerprint density at radius 2 is 0.628 bits per heavy atom. The van der Waals surface area contributed by atoms with Crippen molar-refractivity contribution in [1.82, 2.24) is 0 Å². The van der Waals surface area contributed by atoms with E-state index in [1.165, 1.54) is 0 Å². The predicted octanol–water partition coefficient (Wildman–Crippen LogP) is 17.9. The Kier molecular flexibility index (Phi) is 55.0. The van der Waals surface area contributed by atoms with Crippen molar-refractivity contribution in [1.29, 1.82) is 0 Å². The summed E-state index contributed by atoms with van der Waals surface area (Å²) in [4.78, 5) is 48.6. The average Bonchev–Trinajstić information content (AvgIpc) is 3.43. The monoisotopic (exact) mass is 1100 g/mol. The zero-order chi connectivity index (χ0) is 56.9. The van der Waals surface area contributed by atoms with Crippen LogP contribution in [-0.2, 0) is 42.2 Å². The molecule has 0 fully saturated rings. The maximum atomic E-state index is 12.9. The normalized spacial score (nSPS) is 14.4. The summed E-state index contributed by atoms with van der Waals surface area (Å²) in [5.74, 6) is -1.57. The van der Waals surface area contributed by atoms with Crippen molar-refractivity contribution >= 4 is 25.7 Å². The number of hydrogen-bond donors (Lipinski definition) is 2. The molecule has 12 heteroatoms. The van der Waals surface area contributed by atoms with E-state index in [1.807, 2.05) is 0 Å². The minimum atomic E-state index is -4.78. The number of aliphatic hydroxyl groups excluding tert-OH is 1. The molecule has 0 aromatic heterocycles. The number of aliphatic hydroxyl groups is 1. The van der Waals surface area contributed by atoms with E-state index in [1.54, 1.807) is 0 Å². The molecule has 0 heterocycles. The maximum absolute atomic E-state index is 12.9. The molecule has 0 aliphatic heterocycles. The first-order valence-corrected chi connectivity index (χ1v) is 31.2. The quantitative estimate of drug-likeness (QED) is 0.0197. The fourth-order valence-corrected chi connectivity index (χ4v) is 8.11. The molecule has 0 amide bonds. The molecule has 0 radical (unpaired) electrons. The third-order valence-corrected chi connectivity index (χ3v) is 12.7. The lowest BCUT2D eigenvalue weighted by molar-refractivity contribution is -0.161. The molecule has 78 heavy (non-hydrogen) atoms. The SMILES string of the molecule is CC/C=C\C/C=C\C/C=C\C/C=C\C/C=C\CCCCCC(=O)OC(COC(=O)CCCCCCC/C=C\C/C=C\C/C=C\CC)COP(=O)(O)OCC(CO)OC(=O)CCCCCC/C=C\C/C=C\C/C=C\C/C=C\CC. The second kappa shape index (κ2) is 58.5. The molecule has 3 unspecified atom stereocenters. The first kappa shape index (κ1) is 73.4. The van der Waals surface area contributed by atoms with Crippen molar-refractivity contribution in [2.45, 2.75) is 226 Å². The zero-order valence-corrected chi connectivity index (χ0v) is 49.5. The molecule has 0 bridgehead atoms. The molecule has 11 nitrogen and oxygen atoms in total. The van der Waals surface area contributed by atoms with Gasteiger partial charge in [0.25, 0.3) is 0 Å². The van der Waals surface area contributed by atoms with Crippen LogP contribution in [0.3, 0.4) is 0 Å². The molecule has 0 aliphatic rings. The molecule has 2 N–H and O–H groups in total. The van der Waals surface area contributed by atoms with Crippen LogP contribution in [0.15, 0.2) is 146 Å². The number of phosphoric ester groups is 1. The van der Waals surface area contributed by atoms with E-state index in [4.69, 9.17) is 23.3 Å². The lowest BCUT2D eigenvalue weighted by atomic mass is 10.1. The fourth-order valence-electron chi connectivity index (χ4n) is 7.33. The van der Waals surface area contributed by atoms with E-state index >= 15 is 0 Å². The Balaban J connectivity index is 4.84. The molecule has 0 aliphatic carbocycles. The summed E-state index contributed by atoms with van der Waals surface area (Å²) in [6, 6.07) is 0. The highest BCUT2D eigenvalue weighted by Crippen LogP contribution is 2.43. The van der Waals surface area contributed by atoms with Gasteiger partial charge in [-0.3, -0.25) is 23.4 Å². The third kappa shape index (κ3) is 56.1. The Morgan fingerprint density at radius 1 is 0.359 bits per heavy atom. The standard InChI is InChI=1S/C66H105O11P/c1-4-7-10-13-16-19-22-25-28-30-31-33-36-39-42-45-48-51-54-57-66(70)77-63(59-73-64(68)55-52-49-46-43-40-37-34-27-24-21-18-15-12-9-6-3)61-75-78(71,72)74-60-62(58-67)76-65(69)56-53-50-47-44-41-38-35-32-29-26-23-20-17-14-11-8-5-2/h7-12,16-21,25-29,31,33-35,38-39,42,62-63,67H,4-6,13-15,22-24,30,32,36-37,40-41,43-61H2,1-3H3,(H,71,72)/b10-7-,11-8-,12-9-,19-16-,20-17-,21-18-,28-25-,29-26-,33-31-,34-27-,38-35-,42-39-. The number of esters is 3. The third-order valence-electron chi connectivity index (χ3n) is 11.7. The lowest BCUT2D eigenvalue weighted by Crippen LogP contribution is -2.30. The van der Waals surface area contributed by atoms with Crippen molar-refractivity contribution in [3.05, 3.63) is 146 Å². The second-order valence-electron chi connectivity index (χ2n) is 19.0. The van der Waals surface area contributed by atoms with Crippen molar-refractivity contribution in [2.24, 2.45) is 0 Å². The Morgan fingerprint density at radius 3 is 0.974 bits per heavy atom. The molecular formula is C66H105O11P. The van der Waals surface area contributed by atoms with Gasteiger partial charge in [-0.15, -0.1) is 0 Å². The molecule has 0 spiro atoms. The second-order valence-corrected chi connectivity index (χ2v) is 20.5. The van der Waals surface area contributed by atoms with Gasteiger partial charge in [0.15, 0.2) is 6.10 Å². The number of phosphoric acid groups is 1. The summed E-state index contributed by atoms with van der Waals surface area (Å²) in [6.45, 7) is 4.20. The zero-order valence-electron chi connectivity index (χ0n) is 48.6. The van der Waals surface area contributed by atoms with Gasteiger partial charge in [0.2, 0.25) is 0 Å². The molecule has 0 aromatic rings. The number of unbranched alkanes of at least 4 members (excludes halogenated alkanes) is 12. The van der Waals surface area contributed by atoms with Gasteiger partial charge in [0.1, 0.15) is 12.7 Å². The number of allylic oxidation sites excluding steroid dienone is 24. The van der Waals surface area contributed by atoms with E-state index in [-0.39, 0.29) is 25.9 Å². The van der Waals surface area contributed by atoms with Crippen LogP contribution >= 0.6 is 7.82 Å². The van der Waals surface area contributed by atoms with Crippen LogP contribution < -0.4 is 0 Å². The minimum Gasteiger partial charge on any atom is -0.462 e. The topological polar surface area (TPSA) is 155 Å². The average molecular weight is 1110 g/mol.